The molecule has 1 saturated carbocycles. The molecule has 2 unspecified atom stereocenters. The second kappa shape index (κ2) is 3.98. The van der Waals surface area contributed by atoms with Gasteiger partial charge in [-0.05, 0) is 12.1 Å². The Labute approximate surface area is 96.0 Å². The Morgan fingerprint density at radius 3 is 2.56 bits per heavy atom. The maximum atomic E-state index is 9.62. The van der Waals surface area contributed by atoms with Crippen LogP contribution < -0.4 is 9.47 Å². The van der Waals surface area contributed by atoms with Crippen LogP contribution in [0.1, 0.15) is 20.3 Å². The van der Waals surface area contributed by atoms with Crippen LogP contribution in [0, 0.1) is 5.41 Å². The number of hydrogen-bond donors (Lipinski definition) is 1. The predicted molar refractivity (Wildman–Crippen MR) is 61.8 cm³/mol. The zero-order valence-electron chi connectivity index (χ0n) is 9.93. The average Bonchev–Trinajstić information content (AvgIpc) is 2.29. The number of hydrogen-bond acceptors (Lipinski definition) is 3. The summed E-state index contributed by atoms with van der Waals surface area (Å²) in [5, 5.41) is 9.62. The third-order valence-corrected chi connectivity index (χ3v) is 3.45. The molecule has 0 aliphatic heterocycles. The Kier molecular flexibility index (Phi) is 2.80. The Balaban J connectivity index is 2.05. The van der Waals surface area contributed by atoms with E-state index in [9.17, 15) is 5.11 Å². The molecule has 0 heterocycles. The van der Waals surface area contributed by atoms with Crippen molar-refractivity contribution in [1.82, 2.24) is 0 Å². The molecule has 1 N–H and O–H groups in total. The van der Waals surface area contributed by atoms with Gasteiger partial charge in [-0.3, -0.25) is 0 Å². The number of ether oxygens (including phenoxy) is 2. The van der Waals surface area contributed by atoms with Crippen LogP contribution in [0.5, 0.6) is 11.5 Å². The summed E-state index contributed by atoms with van der Waals surface area (Å²) in [6, 6.07) is 7.55. The minimum absolute atomic E-state index is 0.0783. The van der Waals surface area contributed by atoms with Crippen molar-refractivity contribution in [3.8, 4) is 11.5 Å². The highest BCUT2D eigenvalue weighted by atomic mass is 16.5. The maximum Gasteiger partial charge on any atom is 0.123 e. The van der Waals surface area contributed by atoms with Crippen LogP contribution >= 0.6 is 0 Å². The molecular weight excluding hydrogens is 204 g/mol. The first-order valence-electron chi connectivity index (χ1n) is 5.53. The van der Waals surface area contributed by atoms with E-state index in [2.05, 4.69) is 0 Å². The molecule has 0 amide bonds. The molecule has 1 fully saturated rings. The fourth-order valence-electron chi connectivity index (χ4n) is 1.90. The van der Waals surface area contributed by atoms with Gasteiger partial charge in [0.05, 0.1) is 13.2 Å². The van der Waals surface area contributed by atoms with Crippen molar-refractivity contribution in [2.75, 3.05) is 7.11 Å². The van der Waals surface area contributed by atoms with Crippen LogP contribution in [0.4, 0.5) is 0 Å². The van der Waals surface area contributed by atoms with Gasteiger partial charge in [-0.25, -0.2) is 0 Å². The predicted octanol–water partition coefficient (Wildman–Crippen LogP) is 2.23. The molecule has 2 atom stereocenters. The maximum absolute atomic E-state index is 9.62. The molecule has 1 aliphatic rings. The number of methoxy groups -OCH3 is 1. The Hall–Kier alpha value is -1.22. The van der Waals surface area contributed by atoms with Crippen molar-refractivity contribution in [3.63, 3.8) is 0 Å². The minimum Gasteiger partial charge on any atom is -0.497 e. The Morgan fingerprint density at radius 2 is 2.00 bits per heavy atom. The number of aliphatic hydroxyl groups is 1. The van der Waals surface area contributed by atoms with Crippen molar-refractivity contribution in [3.05, 3.63) is 24.3 Å². The summed E-state index contributed by atoms with van der Waals surface area (Å²) in [5.41, 5.74) is -0.164. The van der Waals surface area contributed by atoms with Gasteiger partial charge in [-0.15, -0.1) is 0 Å². The van der Waals surface area contributed by atoms with Gasteiger partial charge in [0.25, 0.3) is 0 Å². The normalized spacial score (nSPS) is 27.0. The fourth-order valence-corrected chi connectivity index (χ4v) is 1.90. The lowest BCUT2D eigenvalue weighted by atomic mass is 9.66. The van der Waals surface area contributed by atoms with Crippen molar-refractivity contribution >= 4 is 0 Å². The van der Waals surface area contributed by atoms with Gasteiger partial charge in [0.1, 0.15) is 17.6 Å². The van der Waals surface area contributed by atoms with Gasteiger partial charge < -0.3 is 14.6 Å². The molecule has 1 aromatic carbocycles. The van der Waals surface area contributed by atoms with Crippen molar-refractivity contribution in [2.24, 2.45) is 5.41 Å². The quantitative estimate of drug-likeness (QED) is 0.852. The Bertz CT molecular complexity index is 373. The lowest BCUT2D eigenvalue weighted by Gasteiger charge is -2.48. The smallest absolute Gasteiger partial charge is 0.123 e. The summed E-state index contributed by atoms with van der Waals surface area (Å²) in [5.74, 6) is 1.58. The van der Waals surface area contributed by atoms with E-state index in [1.54, 1.807) is 7.11 Å². The lowest BCUT2D eigenvalue weighted by molar-refractivity contribution is -0.134. The molecule has 1 aliphatic carbocycles. The standard InChI is InChI=1S/C13H18O3/c1-13(2)11(14)8-12(13)16-10-6-4-5-9(7-10)15-3/h4-7,11-12,14H,8H2,1-3H3. The first kappa shape index (κ1) is 11.3. The van der Waals surface area contributed by atoms with E-state index < -0.39 is 0 Å². The molecule has 0 bridgehead atoms. The summed E-state index contributed by atoms with van der Waals surface area (Å²) < 4.78 is 11.0. The van der Waals surface area contributed by atoms with E-state index >= 15 is 0 Å². The Morgan fingerprint density at radius 1 is 1.31 bits per heavy atom. The summed E-state index contributed by atoms with van der Waals surface area (Å²) in [7, 11) is 1.64. The molecule has 0 saturated heterocycles. The van der Waals surface area contributed by atoms with Gasteiger partial charge in [-0.2, -0.15) is 0 Å². The van der Waals surface area contributed by atoms with E-state index in [1.807, 2.05) is 38.1 Å². The second-order valence-electron chi connectivity index (χ2n) is 4.86. The lowest BCUT2D eigenvalue weighted by Crippen LogP contribution is -2.56. The van der Waals surface area contributed by atoms with Crippen molar-refractivity contribution in [2.45, 2.75) is 32.5 Å². The molecule has 0 aromatic heterocycles. The van der Waals surface area contributed by atoms with Crippen LogP contribution in [0.2, 0.25) is 0 Å². The van der Waals surface area contributed by atoms with Gasteiger partial charge in [0, 0.05) is 17.9 Å². The first-order chi connectivity index (χ1) is 7.54. The van der Waals surface area contributed by atoms with E-state index in [0.717, 1.165) is 11.5 Å². The van der Waals surface area contributed by atoms with Gasteiger partial charge in [-0.1, -0.05) is 19.9 Å². The van der Waals surface area contributed by atoms with E-state index in [4.69, 9.17) is 9.47 Å². The molecule has 88 valence electrons. The number of benzene rings is 1. The fraction of sp³-hybridized carbons (Fsp3) is 0.538. The highest BCUT2D eigenvalue weighted by Gasteiger charge is 2.49. The summed E-state index contributed by atoms with van der Waals surface area (Å²) in [6.07, 6.45) is 0.516. The first-order valence-corrected chi connectivity index (χ1v) is 5.53. The molecule has 16 heavy (non-hydrogen) atoms. The van der Waals surface area contributed by atoms with Gasteiger partial charge >= 0.3 is 0 Å². The van der Waals surface area contributed by atoms with Gasteiger partial charge in [0.2, 0.25) is 0 Å². The molecule has 3 nitrogen and oxygen atoms in total. The van der Waals surface area contributed by atoms with Crippen LogP contribution in [0.25, 0.3) is 0 Å². The van der Waals surface area contributed by atoms with E-state index in [0.29, 0.717) is 6.42 Å². The third-order valence-electron chi connectivity index (χ3n) is 3.45. The zero-order valence-corrected chi connectivity index (χ0v) is 9.93. The van der Waals surface area contributed by atoms with Crippen molar-refractivity contribution < 1.29 is 14.6 Å². The second-order valence-corrected chi connectivity index (χ2v) is 4.86. The average molecular weight is 222 g/mol. The summed E-state index contributed by atoms with van der Waals surface area (Å²) in [4.78, 5) is 0. The largest absolute Gasteiger partial charge is 0.497 e. The van der Waals surface area contributed by atoms with Gasteiger partial charge in [0.15, 0.2) is 0 Å². The molecule has 3 heteroatoms. The van der Waals surface area contributed by atoms with Crippen molar-refractivity contribution in [1.29, 1.82) is 0 Å². The topological polar surface area (TPSA) is 38.7 Å². The van der Waals surface area contributed by atoms with E-state index in [1.165, 1.54) is 0 Å². The monoisotopic (exact) mass is 222 g/mol. The molecule has 0 radical (unpaired) electrons. The van der Waals surface area contributed by atoms with E-state index in [-0.39, 0.29) is 17.6 Å². The molecule has 1 aromatic rings. The van der Waals surface area contributed by atoms with Crippen LogP contribution in [0.15, 0.2) is 24.3 Å². The minimum atomic E-state index is -0.261. The van der Waals surface area contributed by atoms with Crippen LogP contribution in [-0.2, 0) is 0 Å². The molecule has 0 spiro atoms. The van der Waals surface area contributed by atoms with Crippen LogP contribution in [0.3, 0.4) is 0 Å². The highest BCUT2D eigenvalue weighted by Crippen LogP contribution is 2.43. The highest BCUT2D eigenvalue weighted by molar-refractivity contribution is 5.33. The number of rotatable bonds is 3. The summed E-state index contributed by atoms with van der Waals surface area (Å²) >= 11 is 0. The SMILES string of the molecule is COc1cccc(OC2CC(O)C2(C)C)c1. The van der Waals surface area contributed by atoms with Crippen LogP contribution in [-0.4, -0.2) is 24.4 Å². The molecule has 2 rings (SSSR count). The summed E-state index contributed by atoms with van der Waals surface area (Å²) in [6.45, 7) is 4.04. The molecular formula is C13H18O3. The number of aliphatic hydroxyl groups excluding tert-OH is 1. The third kappa shape index (κ3) is 1.87. The zero-order chi connectivity index (χ0) is 11.8.